The second kappa shape index (κ2) is 2.91. The quantitative estimate of drug-likeness (QED) is 0.630. The van der Waals surface area contributed by atoms with Crippen molar-refractivity contribution in [2.45, 2.75) is 6.92 Å². The number of primary amides is 1. The Hall–Kier alpha value is -2.25. The standard InChI is InChI=1S/C6H7N7O/c1-4-2-5(6(7)14)13(9-4)12-3-8-10-11-12/h2-3H,1H3,(H2,7,14). The van der Waals surface area contributed by atoms with E-state index in [9.17, 15) is 4.79 Å². The number of hydrogen-bond acceptors (Lipinski definition) is 5. The first-order valence-corrected chi connectivity index (χ1v) is 3.78. The maximum atomic E-state index is 11.0. The van der Waals surface area contributed by atoms with Crippen LogP contribution in [0.1, 0.15) is 16.2 Å². The number of nitrogens with two attached hydrogens (primary N) is 1. The van der Waals surface area contributed by atoms with Gasteiger partial charge in [-0.3, -0.25) is 4.79 Å². The zero-order valence-electron chi connectivity index (χ0n) is 7.32. The van der Waals surface area contributed by atoms with Crippen molar-refractivity contribution in [3.05, 3.63) is 23.8 Å². The lowest BCUT2D eigenvalue weighted by molar-refractivity contribution is 0.0987. The Bertz CT molecular complexity index is 456. The first-order valence-electron chi connectivity index (χ1n) is 3.78. The van der Waals surface area contributed by atoms with Gasteiger partial charge in [0, 0.05) is 0 Å². The molecule has 72 valence electrons. The van der Waals surface area contributed by atoms with Gasteiger partial charge < -0.3 is 5.73 Å². The predicted octanol–water partition coefficient (Wildman–Crippen LogP) is -1.41. The molecule has 0 unspecified atom stereocenters. The molecule has 0 bridgehead atoms. The maximum absolute atomic E-state index is 11.0. The van der Waals surface area contributed by atoms with Crippen molar-refractivity contribution < 1.29 is 4.79 Å². The number of amides is 1. The summed E-state index contributed by atoms with van der Waals surface area (Å²) in [6, 6.07) is 1.56. The molecule has 2 N–H and O–H groups in total. The fourth-order valence-corrected chi connectivity index (χ4v) is 1.06. The highest BCUT2D eigenvalue weighted by molar-refractivity contribution is 5.91. The lowest BCUT2D eigenvalue weighted by atomic mass is 10.4. The fraction of sp³-hybridized carbons (Fsp3) is 0.167. The molecule has 0 spiro atoms. The van der Waals surface area contributed by atoms with E-state index in [-0.39, 0.29) is 5.69 Å². The third kappa shape index (κ3) is 1.22. The summed E-state index contributed by atoms with van der Waals surface area (Å²) in [4.78, 5) is 13.5. The van der Waals surface area contributed by atoms with Crippen LogP contribution in [-0.2, 0) is 0 Å². The minimum atomic E-state index is -0.582. The number of tetrazole rings is 1. The number of nitrogens with zero attached hydrogens (tertiary/aromatic N) is 6. The highest BCUT2D eigenvalue weighted by Gasteiger charge is 2.12. The van der Waals surface area contributed by atoms with Crippen LogP contribution >= 0.6 is 0 Å². The molecule has 2 heterocycles. The van der Waals surface area contributed by atoms with E-state index < -0.39 is 5.91 Å². The van der Waals surface area contributed by atoms with Crippen molar-refractivity contribution in [1.29, 1.82) is 0 Å². The smallest absolute Gasteiger partial charge is 0.269 e. The molecule has 0 saturated carbocycles. The zero-order chi connectivity index (χ0) is 10.1. The van der Waals surface area contributed by atoms with Gasteiger partial charge in [-0.2, -0.15) is 5.10 Å². The van der Waals surface area contributed by atoms with Gasteiger partial charge in [-0.05, 0) is 23.4 Å². The van der Waals surface area contributed by atoms with Crippen molar-refractivity contribution >= 4 is 5.91 Å². The SMILES string of the molecule is Cc1cc(C(N)=O)n(-n2cnnn2)n1. The summed E-state index contributed by atoms with van der Waals surface area (Å²) < 4.78 is 0. The van der Waals surface area contributed by atoms with Crippen LogP contribution in [0.25, 0.3) is 0 Å². The van der Waals surface area contributed by atoms with E-state index in [4.69, 9.17) is 5.73 Å². The molecule has 1 amide bonds. The first kappa shape index (κ1) is 8.35. The van der Waals surface area contributed by atoms with Gasteiger partial charge in [0.15, 0.2) is 12.0 Å². The van der Waals surface area contributed by atoms with Gasteiger partial charge in [0.2, 0.25) is 0 Å². The summed E-state index contributed by atoms with van der Waals surface area (Å²) in [5.41, 5.74) is 6.04. The lowest BCUT2D eigenvalue weighted by Crippen LogP contribution is -2.22. The summed E-state index contributed by atoms with van der Waals surface area (Å²) in [5.74, 6) is -0.582. The van der Waals surface area contributed by atoms with E-state index in [1.165, 1.54) is 15.9 Å². The van der Waals surface area contributed by atoms with E-state index in [1.807, 2.05) is 0 Å². The first-order chi connectivity index (χ1) is 6.68. The van der Waals surface area contributed by atoms with Crippen LogP contribution in [-0.4, -0.2) is 36.1 Å². The Labute approximate surface area is 78.3 Å². The molecule has 2 rings (SSSR count). The lowest BCUT2D eigenvalue weighted by Gasteiger charge is -2.00. The molecule has 14 heavy (non-hydrogen) atoms. The molecular weight excluding hydrogens is 186 g/mol. The van der Waals surface area contributed by atoms with Gasteiger partial charge in [0.1, 0.15) is 0 Å². The number of aromatic nitrogens is 6. The fourth-order valence-electron chi connectivity index (χ4n) is 1.06. The number of carbonyl (C=O) groups is 1. The van der Waals surface area contributed by atoms with Crippen molar-refractivity contribution in [3.63, 3.8) is 0 Å². The molecule has 0 atom stereocenters. The van der Waals surface area contributed by atoms with Crippen molar-refractivity contribution in [3.8, 4) is 0 Å². The van der Waals surface area contributed by atoms with Crippen molar-refractivity contribution in [2.24, 2.45) is 5.73 Å². The van der Waals surface area contributed by atoms with Crippen LogP contribution in [0, 0.1) is 6.92 Å². The Kier molecular flexibility index (Phi) is 1.73. The summed E-state index contributed by atoms with van der Waals surface area (Å²) in [6.07, 6.45) is 1.32. The van der Waals surface area contributed by atoms with Crippen LogP contribution in [0.3, 0.4) is 0 Å². The predicted molar refractivity (Wildman–Crippen MR) is 44.1 cm³/mol. The number of carbonyl (C=O) groups excluding carboxylic acids is 1. The Morgan fingerprint density at radius 1 is 1.57 bits per heavy atom. The highest BCUT2D eigenvalue weighted by atomic mass is 16.1. The average molecular weight is 193 g/mol. The summed E-state index contributed by atoms with van der Waals surface area (Å²) in [7, 11) is 0. The molecule has 8 nitrogen and oxygen atoms in total. The third-order valence-corrected chi connectivity index (χ3v) is 1.60. The molecule has 0 aliphatic heterocycles. The van der Waals surface area contributed by atoms with Gasteiger partial charge >= 0.3 is 0 Å². The molecule has 0 aliphatic carbocycles. The minimum Gasteiger partial charge on any atom is -0.364 e. The largest absolute Gasteiger partial charge is 0.364 e. The zero-order valence-corrected chi connectivity index (χ0v) is 7.32. The van der Waals surface area contributed by atoms with Crippen molar-refractivity contribution in [2.75, 3.05) is 0 Å². The Morgan fingerprint density at radius 2 is 2.36 bits per heavy atom. The Balaban J connectivity index is 2.58. The maximum Gasteiger partial charge on any atom is 0.269 e. The molecule has 2 aromatic rings. The third-order valence-electron chi connectivity index (χ3n) is 1.60. The van der Waals surface area contributed by atoms with Crippen LogP contribution in [0.2, 0.25) is 0 Å². The molecule has 2 aromatic heterocycles. The summed E-state index contributed by atoms with van der Waals surface area (Å²) >= 11 is 0. The second-order valence-corrected chi connectivity index (χ2v) is 2.65. The molecule has 8 heteroatoms. The molecule has 0 aliphatic rings. The topological polar surface area (TPSA) is 105 Å². The van der Waals surface area contributed by atoms with Gasteiger partial charge in [-0.15, -0.1) is 14.7 Å². The van der Waals surface area contributed by atoms with E-state index in [0.717, 1.165) is 0 Å². The van der Waals surface area contributed by atoms with E-state index in [1.54, 1.807) is 13.0 Å². The average Bonchev–Trinajstić information content (AvgIpc) is 2.70. The normalized spacial score (nSPS) is 10.4. The van der Waals surface area contributed by atoms with Crippen LogP contribution in [0.15, 0.2) is 12.4 Å². The van der Waals surface area contributed by atoms with Gasteiger partial charge in [-0.25, -0.2) is 0 Å². The van der Waals surface area contributed by atoms with Crippen LogP contribution in [0.5, 0.6) is 0 Å². The van der Waals surface area contributed by atoms with Gasteiger partial charge in [0.05, 0.1) is 5.69 Å². The van der Waals surface area contributed by atoms with Crippen LogP contribution in [0.4, 0.5) is 0 Å². The molecular formula is C6H7N7O. The number of hydrogen-bond donors (Lipinski definition) is 1. The number of aryl methyl sites for hydroxylation is 1. The Morgan fingerprint density at radius 3 is 2.93 bits per heavy atom. The van der Waals surface area contributed by atoms with E-state index >= 15 is 0 Å². The molecule has 0 fully saturated rings. The monoisotopic (exact) mass is 193 g/mol. The van der Waals surface area contributed by atoms with Crippen LogP contribution < -0.4 is 5.73 Å². The highest BCUT2D eigenvalue weighted by Crippen LogP contribution is 2.01. The minimum absolute atomic E-state index is 0.231. The second-order valence-electron chi connectivity index (χ2n) is 2.65. The van der Waals surface area contributed by atoms with Gasteiger partial charge in [0.25, 0.3) is 5.91 Å². The summed E-state index contributed by atoms with van der Waals surface area (Å²) in [6.45, 7) is 1.74. The van der Waals surface area contributed by atoms with Crippen molar-refractivity contribution in [1.82, 2.24) is 30.2 Å². The summed E-state index contributed by atoms with van der Waals surface area (Å²) in [5, 5.41) is 14.5. The molecule has 0 aromatic carbocycles. The molecule has 0 saturated heterocycles. The van der Waals surface area contributed by atoms with E-state index in [0.29, 0.717) is 5.69 Å². The molecule has 0 radical (unpaired) electrons. The van der Waals surface area contributed by atoms with E-state index in [2.05, 4.69) is 20.6 Å². The number of rotatable bonds is 2. The van der Waals surface area contributed by atoms with Gasteiger partial charge in [-0.1, -0.05) is 0 Å².